The van der Waals surface area contributed by atoms with Crippen molar-refractivity contribution in [2.45, 2.75) is 6.92 Å². The average molecular weight is 348 g/mol. The first-order valence-electron chi connectivity index (χ1n) is 5.63. The van der Waals surface area contributed by atoms with Crippen LogP contribution in [0.5, 0.6) is 5.75 Å². The SMILES string of the molecule is Cc1cccc(C=Nc2ccccc2F)c1O.[Cl][Ti][Cl]. The molecule has 6 heteroatoms. The number of phenols is 1. The summed E-state index contributed by atoms with van der Waals surface area (Å²) in [5, 5.41) is 9.76. The molecule has 2 rings (SSSR count). The molecule has 0 spiro atoms. The van der Waals surface area contributed by atoms with Crippen molar-refractivity contribution in [3.8, 4) is 5.75 Å². The van der Waals surface area contributed by atoms with Crippen LogP contribution in [0.2, 0.25) is 0 Å². The van der Waals surface area contributed by atoms with Gasteiger partial charge in [-0.3, -0.25) is 4.99 Å². The monoisotopic (exact) mass is 347 g/mol. The summed E-state index contributed by atoms with van der Waals surface area (Å²) in [6, 6.07) is 11.6. The van der Waals surface area contributed by atoms with Crippen LogP contribution >= 0.6 is 18.6 Å². The molecule has 0 fully saturated rings. The molecule has 0 aliphatic heterocycles. The molecule has 0 amide bonds. The van der Waals surface area contributed by atoms with Crippen LogP contribution in [0.1, 0.15) is 11.1 Å². The molecule has 0 saturated heterocycles. The third-order valence-corrected chi connectivity index (χ3v) is 2.46. The predicted molar refractivity (Wildman–Crippen MR) is 78.2 cm³/mol. The third-order valence-electron chi connectivity index (χ3n) is 2.46. The van der Waals surface area contributed by atoms with Gasteiger partial charge in [-0.1, -0.05) is 24.3 Å². The Labute approximate surface area is 133 Å². The maximum absolute atomic E-state index is 13.3. The number of para-hydroxylation sites is 2. The Balaban J connectivity index is 0.000000612. The summed E-state index contributed by atoms with van der Waals surface area (Å²) < 4.78 is 13.3. The second-order valence-corrected chi connectivity index (χ2v) is 6.37. The quantitative estimate of drug-likeness (QED) is 0.604. The van der Waals surface area contributed by atoms with Crippen LogP contribution in [0.4, 0.5) is 10.1 Å². The van der Waals surface area contributed by atoms with E-state index >= 15 is 0 Å². The molecule has 0 bridgehead atoms. The van der Waals surface area contributed by atoms with E-state index in [1.807, 2.05) is 6.07 Å². The van der Waals surface area contributed by atoms with Gasteiger partial charge in [0, 0.05) is 11.8 Å². The zero-order chi connectivity index (χ0) is 15.0. The van der Waals surface area contributed by atoms with Crippen molar-refractivity contribution >= 4 is 30.5 Å². The maximum atomic E-state index is 13.3. The van der Waals surface area contributed by atoms with E-state index in [9.17, 15) is 9.50 Å². The molecule has 0 radical (unpaired) electrons. The van der Waals surface area contributed by atoms with Gasteiger partial charge in [-0.05, 0) is 30.7 Å². The summed E-state index contributed by atoms with van der Waals surface area (Å²) in [7, 11) is 9.78. The fourth-order valence-electron chi connectivity index (χ4n) is 1.48. The van der Waals surface area contributed by atoms with E-state index in [0.717, 1.165) is 5.56 Å². The molecule has 104 valence electrons. The molecular weight excluding hydrogens is 336 g/mol. The number of hydrogen-bond donors (Lipinski definition) is 1. The van der Waals surface area contributed by atoms with Crippen molar-refractivity contribution in [3.05, 3.63) is 59.4 Å². The molecule has 2 nitrogen and oxygen atoms in total. The van der Waals surface area contributed by atoms with E-state index in [1.54, 1.807) is 37.3 Å². The van der Waals surface area contributed by atoms with E-state index in [-0.39, 0.29) is 17.3 Å². The van der Waals surface area contributed by atoms with Gasteiger partial charge in [-0.15, -0.1) is 0 Å². The van der Waals surface area contributed by atoms with Crippen molar-refractivity contribution in [3.63, 3.8) is 0 Å². The van der Waals surface area contributed by atoms with Crippen molar-refractivity contribution in [2.75, 3.05) is 0 Å². The second-order valence-electron chi connectivity index (χ2n) is 3.79. The molecule has 0 aromatic heterocycles. The van der Waals surface area contributed by atoms with E-state index in [1.165, 1.54) is 12.3 Å². The summed E-state index contributed by atoms with van der Waals surface area (Å²) in [5.74, 6) is -0.205. The van der Waals surface area contributed by atoms with E-state index in [0.29, 0.717) is 5.56 Å². The molecule has 0 aliphatic rings. The van der Waals surface area contributed by atoms with Gasteiger partial charge in [-0.2, -0.15) is 0 Å². The van der Waals surface area contributed by atoms with Crippen LogP contribution in [0.3, 0.4) is 0 Å². The summed E-state index contributed by atoms with van der Waals surface area (Å²) in [5.41, 5.74) is 1.60. The van der Waals surface area contributed by atoms with Crippen LogP contribution in [0, 0.1) is 12.7 Å². The number of hydrogen-bond acceptors (Lipinski definition) is 2. The van der Waals surface area contributed by atoms with Crippen LogP contribution in [-0.2, 0) is 17.0 Å². The number of rotatable bonds is 2. The summed E-state index contributed by atoms with van der Waals surface area (Å²) in [6.07, 6.45) is 1.46. The summed E-state index contributed by atoms with van der Waals surface area (Å²) in [4.78, 5) is 4.02. The number of aryl methyl sites for hydroxylation is 1. The number of phenolic OH excluding ortho intramolecular Hbond substituents is 1. The first-order valence-corrected chi connectivity index (χ1v) is 9.93. The van der Waals surface area contributed by atoms with Crippen LogP contribution in [-0.4, -0.2) is 11.3 Å². The van der Waals surface area contributed by atoms with E-state index in [4.69, 9.17) is 18.6 Å². The minimum absolute atomic E-state index is 0.174. The fraction of sp³-hybridized carbons (Fsp3) is 0.0714. The molecule has 2 aromatic carbocycles. The number of benzene rings is 2. The Morgan fingerprint density at radius 3 is 2.45 bits per heavy atom. The van der Waals surface area contributed by atoms with Crippen molar-refractivity contribution in [1.82, 2.24) is 0 Å². The van der Waals surface area contributed by atoms with Crippen LogP contribution < -0.4 is 0 Å². The zero-order valence-electron chi connectivity index (χ0n) is 10.6. The standard InChI is InChI=1S/C14H12FNO.2ClH.Ti/c1-10-5-4-6-11(14(10)17)9-16-13-8-3-2-7-12(13)15;;;/h2-9,17H,1H3;2*1H;/q;;;+2/p-2. The Morgan fingerprint density at radius 1 is 1.15 bits per heavy atom. The molecule has 20 heavy (non-hydrogen) atoms. The normalized spacial score (nSPS) is 10.0. The zero-order valence-corrected chi connectivity index (χ0v) is 13.7. The first-order chi connectivity index (χ1) is 9.60. The predicted octanol–water partition coefficient (Wildman–Crippen LogP) is 4.97. The molecular formula is C14H12Cl2FNOTi. The van der Waals surface area contributed by atoms with E-state index < -0.39 is 17.0 Å². The number of aliphatic imine (C=N–C) groups is 1. The molecule has 0 heterocycles. The minimum atomic E-state index is -0.556. The van der Waals surface area contributed by atoms with Gasteiger partial charge in [0.25, 0.3) is 0 Å². The molecule has 1 N–H and O–H groups in total. The second kappa shape index (κ2) is 9.14. The van der Waals surface area contributed by atoms with Crippen molar-refractivity contribution in [1.29, 1.82) is 0 Å². The van der Waals surface area contributed by atoms with Crippen LogP contribution in [0.25, 0.3) is 0 Å². The molecule has 0 saturated carbocycles. The Morgan fingerprint density at radius 2 is 1.80 bits per heavy atom. The molecule has 2 aromatic rings. The van der Waals surface area contributed by atoms with Gasteiger partial charge in [0.1, 0.15) is 11.6 Å². The van der Waals surface area contributed by atoms with Gasteiger partial charge >= 0.3 is 35.6 Å². The van der Waals surface area contributed by atoms with Gasteiger partial charge in [-0.25, -0.2) is 4.39 Å². The Bertz CT molecular complexity index is 593. The number of halogens is 3. The number of aromatic hydroxyl groups is 1. The Kier molecular flexibility index (Phi) is 7.85. The van der Waals surface area contributed by atoms with Crippen molar-refractivity contribution in [2.24, 2.45) is 4.99 Å². The molecule has 0 aliphatic carbocycles. The van der Waals surface area contributed by atoms with E-state index in [2.05, 4.69) is 4.99 Å². The first kappa shape index (κ1) is 17.2. The number of nitrogens with zero attached hydrogens (tertiary/aromatic N) is 1. The van der Waals surface area contributed by atoms with Gasteiger partial charge in [0.2, 0.25) is 0 Å². The third kappa shape index (κ3) is 5.25. The van der Waals surface area contributed by atoms with Crippen molar-refractivity contribution < 1.29 is 26.5 Å². The topological polar surface area (TPSA) is 32.6 Å². The molecule has 0 unspecified atom stereocenters. The fourth-order valence-corrected chi connectivity index (χ4v) is 1.48. The van der Waals surface area contributed by atoms with Gasteiger partial charge in [0.05, 0.1) is 5.69 Å². The van der Waals surface area contributed by atoms with Crippen LogP contribution in [0.15, 0.2) is 47.5 Å². The van der Waals surface area contributed by atoms with Gasteiger partial charge < -0.3 is 5.11 Å². The average Bonchev–Trinajstić information content (AvgIpc) is 2.43. The molecule has 0 atom stereocenters. The summed E-state index contributed by atoms with van der Waals surface area (Å²) >= 11 is -0.556. The Hall–Kier alpha value is -0.866. The van der Waals surface area contributed by atoms with Gasteiger partial charge in [0.15, 0.2) is 0 Å². The summed E-state index contributed by atoms with van der Waals surface area (Å²) in [6.45, 7) is 1.80.